The van der Waals surface area contributed by atoms with Gasteiger partial charge in [-0.2, -0.15) is 0 Å². The summed E-state index contributed by atoms with van der Waals surface area (Å²) in [5.74, 6) is 1.07. The third-order valence-electron chi connectivity index (χ3n) is 5.39. The van der Waals surface area contributed by atoms with E-state index in [0.29, 0.717) is 12.1 Å². The van der Waals surface area contributed by atoms with E-state index < -0.39 is 16.5 Å². The minimum atomic E-state index is -1.45. The highest BCUT2D eigenvalue weighted by atomic mass is 28.4. The van der Waals surface area contributed by atoms with Gasteiger partial charge in [0.15, 0.2) is 0 Å². The second kappa shape index (κ2) is 9.04. The van der Waals surface area contributed by atoms with Gasteiger partial charge in [0.2, 0.25) is 5.96 Å². The summed E-state index contributed by atoms with van der Waals surface area (Å²) in [5.41, 5.74) is 3.82. The van der Waals surface area contributed by atoms with Crippen LogP contribution in [0.3, 0.4) is 0 Å². The van der Waals surface area contributed by atoms with Gasteiger partial charge < -0.3 is 10.7 Å². The Morgan fingerprint density at radius 2 is 1.24 bits per heavy atom. The Morgan fingerprint density at radius 3 is 1.72 bits per heavy atom. The number of nitrogens with zero attached hydrogens (tertiary/aromatic N) is 2. The van der Waals surface area contributed by atoms with Gasteiger partial charge in [-0.15, -0.1) is 0 Å². The average Bonchev–Trinajstić information content (AvgIpc) is 2.52. The van der Waals surface area contributed by atoms with Crippen LogP contribution in [0.5, 0.6) is 0 Å². The fourth-order valence-corrected chi connectivity index (χ4v) is 13.3. The minimum absolute atomic E-state index is 0.512. The molecule has 0 heterocycles. The zero-order chi connectivity index (χ0) is 18.5. The van der Waals surface area contributed by atoms with E-state index in [-0.39, 0.29) is 0 Å². The van der Waals surface area contributed by atoms with Crippen LogP contribution in [-0.2, 0) is 0 Å². The van der Waals surface area contributed by atoms with E-state index in [1.54, 1.807) is 0 Å². The number of hydrazine groups is 1. The molecule has 0 radical (unpaired) electrons. The monoisotopic (exact) mass is 382 g/mol. The molecule has 0 amide bonds. The van der Waals surface area contributed by atoms with E-state index in [9.17, 15) is 0 Å². The molecule has 0 aromatic carbocycles. The average molecular weight is 383 g/mol. The first-order valence-corrected chi connectivity index (χ1v) is 17.5. The lowest BCUT2D eigenvalue weighted by Gasteiger charge is -2.44. The van der Waals surface area contributed by atoms with Crippen LogP contribution in [0.2, 0.25) is 39.3 Å². The second-order valence-electron chi connectivity index (χ2n) is 10.0. The number of nitrogens with one attached hydrogen (secondary N) is 2. The molecule has 4 nitrogen and oxygen atoms in total. The smallest absolute Gasteiger partial charge is 0.205 e. The molecule has 2 N–H and O–H groups in total. The maximum Gasteiger partial charge on any atom is 0.205 e. The van der Waals surface area contributed by atoms with Crippen LogP contribution in [0, 0.1) is 0 Å². The summed E-state index contributed by atoms with van der Waals surface area (Å²) in [4.78, 5) is 5.19. The molecular weight excluding hydrogens is 340 g/mol. The normalized spacial score (nSPS) is 22.3. The topological polar surface area (TPSA) is 39.7 Å². The van der Waals surface area contributed by atoms with Crippen molar-refractivity contribution in [2.75, 3.05) is 0 Å². The summed E-state index contributed by atoms with van der Waals surface area (Å²) in [5, 5.41) is 3.82. The van der Waals surface area contributed by atoms with Gasteiger partial charge >= 0.3 is 0 Å². The van der Waals surface area contributed by atoms with Crippen molar-refractivity contribution in [3.8, 4) is 0 Å². The van der Waals surface area contributed by atoms with E-state index in [1.807, 2.05) is 0 Å². The molecule has 0 atom stereocenters. The fourth-order valence-electron chi connectivity index (χ4n) is 4.38. The molecule has 2 saturated carbocycles. The molecule has 6 heteroatoms. The van der Waals surface area contributed by atoms with Gasteiger partial charge in [0.1, 0.15) is 16.5 Å². The molecule has 25 heavy (non-hydrogen) atoms. The first-order valence-electron chi connectivity index (χ1n) is 10.6. The number of hydrogen-bond donors (Lipinski definition) is 2. The quantitative estimate of drug-likeness (QED) is 0.302. The summed E-state index contributed by atoms with van der Waals surface area (Å²) in [7, 11) is -2.91. The fraction of sp³-hybridized carbons (Fsp3) is 0.947. The summed E-state index contributed by atoms with van der Waals surface area (Å²) in [6.45, 7) is 14.6. The standard InChI is InChI=1S/C19H42N4Si2/c1-24(2,3)23(25(4,5)6)22-19(20-17-13-9-7-10-14-17)21-18-15-11-8-12-16-18/h17-18H,7-16H2,1-6H3,(H2,20,21,22). The number of guanidine groups is 1. The van der Waals surface area contributed by atoms with E-state index in [2.05, 4.69) is 54.4 Å². The molecule has 0 spiro atoms. The lowest BCUT2D eigenvalue weighted by Crippen LogP contribution is -2.68. The zero-order valence-corrected chi connectivity index (χ0v) is 19.6. The van der Waals surface area contributed by atoms with Crippen molar-refractivity contribution in [3.63, 3.8) is 0 Å². The van der Waals surface area contributed by atoms with E-state index in [4.69, 9.17) is 4.99 Å². The molecule has 2 aliphatic rings. The van der Waals surface area contributed by atoms with E-state index in [0.717, 1.165) is 5.96 Å². The summed E-state index contributed by atoms with van der Waals surface area (Å²) < 4.78 is 2.64. The van der Waals surface area contributed by atoms with Gasteiger partial charge in [-0.25, -0.2) is 4.99 Å². The Bertz CT molecular complexity index is 414. The largest absolute Gasteiger partial charge is 0.353 e. The Hall–Kier alpha value is -0.336. The minimum Gasteiger partial charge on any atom is -0.353 e. The number of hydrogen-bond acceptors (Lipinski definition) is 2. The molecule has 0 saturated heterocycles. The number of rotatable bonds is 5. The third-order valence-corrected chi connectivity index (χ3v) is 12.3. The molecule has 0 aromatic rings. The van der Waals surface area contributed by atoms with Gasteiger partial charge in [0.25, 0.3) is 0 Å². The Labute approximate surface area is 158 Å². The maximum atomic E-state index is 5.19. The predicted molar refractivity (Wildman–Crippen MR) is 116 cm³/mol. The maximum absolute atomic E-state index is 5.19. The molecule has 0 unspecified atom stereocenters. The Morgan fingerprint density at radius 1 is 0.760 bits per heavy atom. The highest BCUT2D eigenvalue weighted by Gasteiger charge is 2.36. The van der Waals surface area contributed by atoms with Crippen molar-refractivity contribution in [3.05, 3.63) is 0 Å². The lowest BCUT2D eigenvalue weighted by atomic mass is 9.95. The van der Waals surface area contributed by atoms with Crippen molar-refractivity contribution in [2.24, 2.45) is 4.99 Å². The SMILES string of the molecule is C[Si](C)(C)N(NC(=NC1CCCCC1)NC1CCCCC1)[Si](C)(C)C. The highest BCUT2D eigenvalue weighted by Crippen LogP contribution is 2.22. The first kappa shape index (κ1) is 21.0. The Kier molecular flexibility index (Phi) is 7.58. The number of aliphatic imine (C=N–C) groups is 1. The highest BCUT2D eigenvalue weighted by molar-refractivity contribution is 6.89. The molecule has 2 aliphatic carbocycles. The van der Waals surface area contributed by atoms with Crippen molar-refractivity contribution in [1.82, 2.24) is 15.1 Å². The van der Waals surface area contributed by atoms with Crippen molar-refractivity contribution in [1.29, 1.82) is 0 Å². The van der Waals surface area contributed by atoms with Crippen LogP contribution in [0.15, 0.2) is 4.99 Å². The second-order valence-corrected chi connectivity index (χ2v) is 20.1. The van der Waals surface area contributed by atoms with Crippen LogP contribution in [0.25, 0.3) is 0 Å². The molecular formula is C19H42N4Si2. The summed E-state index contributed by atoms with van der Waals surface area (Å²) in [6.07, 6.45) is 13.3. The van der Waals surface area contributed by atoms with Gasteiger partial charge in [0, 0.05) is 6.04 Å². The van der Waals surface area contributed by atoms with Crippen LogP contribution in [-0.4, -0.2) is 38.9 Å². The van der Waals surface area contributed by atoms with E-state index >= 15 is 0 Å². The van der Waals surface area contributed by atoms with Crippen LogP contribution < -0.4 is 10.7 Å². The predicted octanol–water partition coefficient (Wildman–Crippen LogP) is 5.07. The van der Waals surface area contributed by atoms with Crippen LogP contribution in [0.1, 0.15) is 64.2 Å². The van der Waals surface area contributed by atoms with Crippen molar-refractivity contribution < 1.29 is 0 Å². The lowest BCUT2D eigenvalue weighted by molar-refractivity contribution is 0.397. The Balaban J connectivity index is 2.15. The van der Waals surface area contributed by atoms with Crippen LogP contribution in [0.4, 0.5) is 0 Å². The van der Waals surface area contributed by atoms with Gasteiger partial charge in [-0.3, -0.25) is 4.34 Å². The van der Waals surface area contributed by atoms with Gasteiger partial charge in [-0.1, -0.05) is 77.8 Å². The van der Waals surface area contributed by atoms with Gasteiger partial charge in [0.05, 0.1) is 6.04 Å². The third kappa shape index (κ3) is 7.06. The zero-order valence-electron chi connectivity index (χ0n) is 17.6. The van der Waals surface area contributed by atoms with Crippen LogP contribution >= 0.6 is 0 Å². The van der Waals surface area contributed by atoms with Crippen molar-refractivity contribution >= 4 is 22.4 Å². The van der Waals surface area contributed by atoms with Gasteiger partial charge in [-0.05, 0) is 25.7 Å². The molecule has 2 rings (SSSR count). The summed E-state index contributed by atoms with van der Waals surface area (Å²) >= 11 is 0. The van der Waals surface area contributed by atoms with E-state index in [1.165, 1.54) is 64.2 Å². The molecule has 146 valence electrons. The molecule has 0 aromatic heterocycles. The molecule has 0 aliphatic heterocycles. The molecule has 0 bridgehead atoms. The van der Waals surface area contributed by atoms with Crippen molar-refractivity contribution in [2.45, 2.75) is 116 Å². The molecule has 2 fully saturated rings. The first-order chi connectivity index (χ1) is 11.7. The summed E-state index contributed by atoms with van der Waals surface area (Å²) in [6, 6.07) is 1.12.